The van der Waals surface area contributed by atoms with Gasteiger partial charge in [0.15, 0.2) is 0 Å². The summed E-state index contributed by atoms with van der Waals surface area (Å²) < 4.78 is 37.3. The summed E-state index contributed by atoms with van der Waals surface area (Å²) in [5.41, 5.74) is 15.6. The molecule has 0 radical (unpaired) electrons. The van der Waals surface area contributed by atoms with Gasteiger partial charge in [-0.25, -0.2) is 13.4 Å². The Labute approximate surface area is 378 Å². The minimum Gasteiger partial charge on any atom is -0.491 e. The minimum absolute atomic E-state index is 0.0101. The summed E-state index contributed by atoms with van der Waals surface area (Å²) >= 11 is 0. The molecule has 5 amide bonds. The number of imide groups is 2. The number of rotatable bonds is 12. The summed E-state index contributed by atoms with van der Waals surface area (Å²) in [6.45, 7) is 7.97. The highest BCUT2D eigenvalue weighted by atomic mass is 19.3. The Morgan fingerprint density at radius 2 is 1.78 bits per heavy atom. The second-order valence-corrected chi connectivity index (χ2v) is 18.0. The number of carbonyl (C=O) groups is 5. The quantitative estimate of drug-likeness (QED) is 0.106. The summed E-state index contributed by atoms with van der Waals surface area (Å²) in [5, 5.41) is 6.18. The van der Waals surface area contributed by atoms with Crippen molar-refractivity contribution in [2.75, 3.05) is 66.0 Å². The lowest BCUT2D eigenvalue weighted by molar-refractivity contribution is -0.450. The number of allylic oxidation sites excluding steroid dienone is 1. The van der Waals surface area contributed by atoms with Gasteiger partial charge in [0.25, 0.3) is 24.1 Å². The smallest absolute Gasteiger partial charge is 0.266 e. The molecule has 348 valence electrons. The molecule has 4 fully saturated rings. The summed E-state index contributed by atoms with van der Waals surface area (Å²) in [5.74, 6) is -1.52. The molecule has 18 heteroatoms. The molecule has 0 spiro atoms. The van der Waals surface area contributed by atoms with Crippen LogP contribution in [-0.2, 0) is 20.8 Å². The lowest BCUT2D eigenvalue weighted by atomic mass is 9.87. The van der Waals surface area contributed by atoms with Gasteiger partial charge < -0.3 is 25.6 Å². The molecule has 2 aromatic rings. The Balaban J connectivity index is 0.850. The molecular weight excluding hydrogens is 839 g/mol. The predicted octanol–water partition coefficient (Wildman–Crippen LogP) is 2.81. The van der Waals surface area contributed by atoms with E-state index in [0.717, 1.165) is 75.2 Å². The highest BCUT2D eigenvalue weighted by Gasteiger charge is 2.46. The second-order valence-electron chi connectivity index (χ2n) is 18.0. The van der Waals surface area contributed by atoms with Gasteiger partial charge in [0.1, 0.15) is 24.1 Å². The van der Waals surface area contributed by atoms with E-state index in [0.29, 0.717) is 73.7 Å². The number of hydrogen-bond acceptors (Lipinski definition) is 11. The number of carbonyl (C=O) groups excluding carboxylic acids is 5. The number of nitrogens with zero attached hydrogens (tertiary/aromatic N) is 6. The van der Waals surface area contributed by atoms with Crippen LogP contribution < -0.4 is 26.8 Å². The van der Waals surface area contributed by atoms with E-state index in [2.05, 4.69) is 25.4 Å². The van der Waals surface area contributed by atoms with Crippen molar-refractivity contribution in [3.63, 3.8) is 0 Å². The van der Waals surface area contributed by atoms with Crippen LogP contribution in [-0.4, -0.2) is 156 Å². The number of aliphatic imine (C=N–C) groups is 1. The monoisotopic (exact) mass is 899 g/mol. The molecule has 0 aromatic heterocycles. The number of benzene rings is 2. The molecule has 8 rings (SSSR count). The summed E-state index contributed by atoms with van der Waals surface area (Å²) in [6, 6.07) is 7.97. The van der Waals surface area contributed by atoms with Crippen LogP contribution in [0.4, 0.5) is 14.5 Å². The van der Waals surface area contributed by atoms with Gasteiger partial charge in [0.05, 0.1) is 23.6 Å². The first-order valence-electron chi connectivity index (χ1n) is 23.0. The van der Waals surface area contributed by atoms with E-state index >= 15 is 0 Å². The molecular formula is C47H61F2N10O6+. The van der Waals surface area contributed by atoms with Gasteiger partial charge in [-0.05, 0) is 113 Å². The lowest BCUT2D eigenvalue weighted by Crippen LogP contribution is -2.59. The average molecular weight is 900 g/mol. The number of piperidine rings is 4. The number of nitrogens with two attached hydrogens (primary N) is 2. The molecule has 16 nitrogen and oxygen atoms in total. The maximum atomic E-state index is 14.6. The van der Waals surface area contributed by atoms with Gasteiger partial charge in [0, 0.05) is 81.7 Å². The van der Waals surface area contributed by atoms with Crippen molar-refractivity contribution in [2.45, 2.75) is 95.3 Å². The normalized spacial score (nSPS) is 25.1. The van der Waals surface area contributed by atoms with Crippen molar-refractivity contribution in [3.05, 3.63) is 64.3 Å². The third-order valence-corrected chi connectivity index (χ3v) is 14.3. The Bertz CT molecular complexity index is 2290. The first kappa shape index (κ1) is 46.0. The van der Waals surface area contributed by atoms with Crippen LogP contribution in [0.3, 0.4) is 0 Å². The van der Waals surface area contributed by atoms with E-state index in [1.165, 1.54) is 12.4 Å². The molecule has 0 saturated carbocycles. The van der Waals surface area contributed by atoms with Gasteiger partial charge in [-0.15, -0.1) is 0 Å². The van der Waals surface area contributed by atoms with Crippen LogP contribution in [0.5, 0.6) is 5.75 Å². The van der Waals surface area contributed by atoms with E-state index in [4.69, 9.17) is 16.2 Å². The van der Waals surface area contributed by atoms with Gasteiger partial charge in [-0.1, -0.05) is 6.07 Å². The van der Waals surface area contributed by atoms with Crippen molar-refractivity contribution in [1.29, 1.82) is 0 Å². The number of hydrogen-bond donors (Lipinski definition) is 4. The fraction of sp³-hybridized carbons (Fsp3) is 0.553. The van der Waals surface area contributed by atoms with E-state index < -0.39 is 36.1 Å². The van der Waals surface area contributed by atoms with Crippen molar-refractivity contribution < 1.29 is 42.1 Å². The third-order valence-electron chi connectivity index (χ3n) is 14.3. The molecule has 2 aromatic carbocycles. The van der Waals surface area contributed by atoms with Gasteiger partial charge >= 0.3 is 0 Å². The first-order valence-corrected chi connectivity index (χ1v) is 23.0. The van der Waals surface area contributed by atoms with E-state index in [1.54, 1.807) is 44.3 Å². The van der Waals surface area contributed by atoms with Crippen molar-refractivity contribution in [3.8, 4) is 5.75 Å². The number of fused-ring (bicyclic) bond motifs is 2. The second kappa shape index (κ2) is 19.9. The SMILES string of the molecule is CN=C/C(=C\N)c1cc2c(cc1C(F)F)[N+](=C(N)C1CN(C(C)=O)CCC1NC1CCN(C3CCN(CCOc4cccc5c4C(=O)N(C4CCC(=O)NC4=O)C5=O)CC3)CC1)CCC2. The minimum atomic E-state index is -2.73. The zero-order valence-corrected chi connectivity index (χ0v) is 37.3. The number of amides is 5. The molecule has 4 saturated heterocycles. The topological polar surface area (TPSA) is 199 Å². The van der Waals surface area contributed by atoms with Crippen LogP contribution in [0.15, 0.2) is 41.5 Å². The maximum Gasteiger partial charge on any atom is 0.266 e. The molecule has 3 unspecified atom stereocenters. The van der Waals surface area contributed by atoms with E-state index in [1.807, 2.05) is 9.48 Å². The molecule has 6 aliphatic heterocycles. The lowest BCUT2D eigenvalue weighted by Gasteiger charge is -2.44. The standard InChI is InChI=1S/C47H60F2N10O6/c1-28(60)57-20-14-37(36(27-57)44(51)58-15-4-5-29-23-34(30(25-50)26-52-2)35(43(48)49)24-39(29)58)53-31-10-18-56(19-11-31)32-12-16-55(17-13-32)21-22-65-40-7-3-6-33-42(40)47(64)59(46(33)63)38-8-9-41(61)54-45(38)62/h3,6-7,23-26,31-32,36-38,43,51,53H,4-5,8-22,27H2,1-2H3,(H3,50,52,54,61,62)/p+1. The number of likely N-dealkylation sites (tertiary alicyclic amines) is 3. The van der Waals surface area contributed by atoms with Crippen LogP contribution in [0.1, 0.15) is 102 Å². The first-order chi connectivity index (χ1) is 31.4. The number of amidine groups is 1. The van der Waals surface area contributed by atoms with E-state index in [9.17, 15) is 32.8 Å². The van der Waals surface area contributed by atoms with E-state index in [-0.39, 0.29) is 53.4 Å². The predicted molar refractivity (Wildman–Crippen MR) is 240 cm³/mol. The largest absolute Gasteiger partial charge is 0.491 e. The fourth-order valence-corrected chi connectivity index (χ4v) is 10.8. The van der Waals surface area contributed by atoms with Crippen LogP contribution in [0, 0.1) is 5.92 Å². The molecule has 3 atom stereocenters. The Kier molecular flexibility index (Phi) is 14.1. The van der Waals surface area contributed by atoms with Crippen LogP contribution in [0.2, 0.25) is 0 Å². The van der Waals surface area contributed by atoms with Crippen LogP contribution in [0.25, 0.3) is 5.57 Å². The Hall–Kier alpha value is -5.59. The summed E-state index contributed by atoms with van der Waals surface area (Å²) in [6.07, 6.45) is 6.45. The summed E-state index contributed by atoms with van der Waals surface area (Å²) in [7, 11) is 1.58. The maximum absolute atomic E-state index is 14.6. The Morgan fingerprint density at radius 1 is 1.02 bits per heavy atom. The highest BCUT2D eigenvalue weighted by molar-refractivity contribution is 6.24. The van der Waals surface area contributed by atoms with Crippen molar-refractivity contribution in [2.24, 2.45) is 22.4 Å². The van der Waals surface area contributed by atoms with Gasteiger partial charge in [0.2, 0.25) is 17.7 Å². The average Bonchev–Trinajstić information content (AvgIpc) is 3.56. The highest BCUT2D eigenvalue weighted by Crippen LogP contribution is 2.38. The number of halogens is 2. The number of aryl methyl sites for hydroxylation is 1. The Morgan fingerprint density at radius 3 is 2.48 bits per heavy atom. The van der Waals surface area contributed by atoms with Crippen LogP contribution >= 0.6 is 0 Å². The number of alkyl halides is 2. The molecule has 6 N–H and O–H groups in total. The molecule has 0 aliphatic carbocycles. The van der Waals surface area contributed by atoms with Crippen molar-refractivity contribution >= 4 is 52.8 Å². The van der Waals surface area contributed by atoms with Gasteiger partial charge in [-0.2, -0.15) is 0 Å². The molecule has 65 heavy (non-hydrogen) atoms. The number of ether oxygens (including phenoxy) is 1. The number of nitrogens with one attached hydrogen (secondary N) is 2. The molecule has 6 aliphatic rings. The third kappa shape index (κ3) is 9.56. The molecule has 0 bridgehead atoms. The zero-order valence-electron chi connectivity index (χ0n) is 37.3. The molecule has 6 heterocycles. The zero-order chi connectivity index (χ0) is 45.9. The fourth-order valence-electron chi connectivity index (χ4n) is 10.8. The summed E-state index contributed by atoms with van der Waals surface area (Å²) in [4.78, 5) is 75.3. The van der Waals surface area contributed by atoms with Crippen molar-refractivity contribution in [1.82, 2.24) is 30.2 Å². The van der Waals surface area contributed by atoms with Gasteiger partial charge in [-0.3, -0.25) is 49.8 Å².